The fraction of sp³-hybridized carbons (Fsp3) is 0.357. The molecule has 0 amide bonds. The topological polar surface area (TPSA) is 56.0 Å². The maximum atomic E-state index is 12.2. The van der Waals surface area contributed by atoms with Crippen LogP contribution in [0.25, 0.3) is 0 Å². The van der Waals surface area contributed by atoms with E-state index in [9.17, 15) is 4.79 Å². The average Bonchev–Trinajstić information content (AvgIpc) is 2.84. The lowest BCUT2D eigenvalue weighted by molar-refractivity contribution is 0.102. The molecule has 0 saturated heterocycles. The van der Waals surface area contributed by atoms with Gasteiger partial charge in [-0.1, -0.05) is 35.5 Å². The molecule has 0 N–H and O–H groups in total. The summed E-state index contributed by atoms with van der Waals surface area (Å²) in [5.41, 5.74) is 2.92. The molecule has 0 radical (unpaired) electrons. The van der Waals surface area contributed by atoms with Gasteiger partial charge in [0.2, 0.25) is 5.89 Å². The first kappa shape index (κ1) is 15.1. The Morgan fingerprint density at radius 3 is 2.80 bits per heavy atom. The first-order valence-corrected chi connectivity index (χ1v) is 8.52. The van der Waals surface area contributed by atoms with Crippen LogP contribution in [0.5, 0.6) is 0 Å². The van der Waals surface area contributed by atoms with Crippen LogP contribution < -0.4 is 0 Å². The number of thioether (sulfide) groups is 2. The van der Waals surface area contributed by atoms with Crippen LogP contribution in [-0.4, -0.2) is 28.0 Å². The van der Waals surface area contributed by atoms with Gasteiger partial charge < -0.3 is 4.42 Å². The predicted octanol–water partition coefficient (Wildman–Crippen LogP) is 3.52. The largest absolute Gasteiger partial charge is 0.415 e. The normalized spacial score (nSPS) is 10.8. The Bertz CT molecular complexity index is 611. The second-order valence-corrected chi connectivity index (χ2v) is 6.22. The van der Waals surface area contributed by atoms with Crippen molar-refractivity contribution < 1.29 is 9.21 Å². The fourth-order valence-electron chi connectivity index (χ4n) is 1.81. The molecule has 106 valence electrons. The molecule has 1 aromatic carbocycles. The van der Waals surface area contributed by atoms with Crippen LogP contribution >= 0.6 is 23.5 Å². The van der Waals surface area contributed by atoms with Crippen LogP contribution in [0.4, 0.5) is 0 Å². The first-order chi connectivity index (χ1) is 9.60. The molecule has 2 aromatic rings. The zero-order valence-electron chi connectivity index (χ0n) is 11.7. The predicted molar refractivity (Wildman–Crippen MR) is 82.5 cm³/mol. The summed E-state index contributed by atoms with van der Waals surface area (Å²) in [5.74, 6) is 1.68. The molecule has 0 spiro atoms. The van der Waals surface area contributed by atoms with Crippen molar-refractivity contribution in [2.45, 2.75) is 24.8 Å². The van der Waals surface area contributed by atoms with E-state index in [1.165, 1.54) is 11.8 Å². The summed E-state index contributed by atoms with van der Waals surface area (Å²) in [6.07, 6.45) is 1.97. The smallest absolute Gasteiger partial charge is 0.277 e. The van der Waals surface area contributed by atoms with Crippen molar-refractivity contribution >= 4 is 29.3 Å². The van der Waals surface area contributed by atoms with Gasteiger partial charge in [-0.25, -0.2) is 0 Å². The van der Waals surface area contributed by atoms with E-state index in [0.29, 0.717) is 22.6 Å². The Labute approximate surface area is 126 Å². The molecule has 1 heterocycles. The summed E-state index contributed by atoms with van der Waals surface area (Å²) in [4.78, 5) is 12.2. The van der Waals surface area contributed by atoms with Gasteiger partial charge in [-0.05, 0) is 25.7 Å². The number of aryl methyl sites for hydroxylation is 2. The number of nitrogens with zero attached hydrogens (tertiary/aromatic N) is 2. The van der Waals surface area contributed by atoms with Crippen LogP contribution in [0.3, 0.4) is 0 Å². The van der Waals surface area contributed by atoms with Crippen LogP contribution in [0.1, 0.15) is 27.4 Å². The number of aromatic nitrogens is 2. The van der Waals surface area contributed by atoms with Crippen LogP contribution in [0.2, 0.25) is 0 Å². The summed E-state index contributed by atoms with van der Waals surface area (Å²) >= 11 is 2.90. The molecule has 0 aliphatic carbocycles. The Morgan fingerprint density at radius 2 is 2.10 bits per heavy atom. The quantitative estimate of drug-likeness (QED) is 0.601. The minimum Gasteiger partial charge on any atom is -0.415 e. The second-order valence-electron chi connectivity index (χ2n) is 4.42. The third-order valence-corrected chi connectivity index (χ3v) is 4.08. The van der Waals surface area contributed by atoms with E-state index in [-0.39, 0.29) is 5.78 Å². The maximum absolute atomic E-state index is 12.2. The average molecular weight is 308 g/mol. The number of Topliss-reactive ketones (excluding diaryl/α,β-unsaturated/α-hetero) is 1. The number of benzene rings is 1. The van der Waals surface area contributed by atoms with Crippen LogP contribution in [0.15, 0.2) is 27.8 Å². The monoisotopic (exact) mass is 308 g/mol. The van der Waals surface area contributed by atoms with Crippen molar-refractivity contribution in [3.05, 3.63) is 40.8 Å². The minimum atomic E-state index is 0.0807. The fourth-order valence-corrected chi connectivity index (χ4v) is 2.84. The van der Waals surface area contributed by atoms with Gasteiger partial charge >= 0.3 is 0 Å². The molecule has 0 aliphatic rings. The van der Waals surface area contributed by atoms with Crippen molar-refractivity contribution in [2.24, 2.45) is 0 Å². The number of rotatable bonds is 6. The van der Waals surface area contributed by atoms with E-state index in [2.05, 4.69) is 10.2 Å². The highest BCUT2D eigenvalue weighted by Gasteiger charge is 2.12. The van der Waals surface area contributed by atoms with Crippen LogP contribution in [-0.2, 0) is 5.75 Å². The molecular formula is C14H16N2O2S2. The van der Waals surface area contributed by atoms with Crippen molar-refractivity contribution in [3.63, 3.8) is 0 Å². The molecule has 0 fully saturated rings. The molecule has 0 atom stereocenters. The van der Waals surface area contributed by atoms with Gasteiger partial charge in [0.25, 0.3) is 5.22 Å². The number of carbonyl (C=O) groups is 1. The first-order valence-electron chi connectivity index (χ1n) is 6.14. The van der Waals surface area contributed by atoms with Crippen LogP contribution in [0, 0.1) is 13.8 Å². The molecule has 0 saturated carbocycles. The van der Waals surface area contributed by atoms with Gasteiger partial charge in [0, 0.05) is 5.56 Å². The number of hydrogen-bond donors (Lipinski definition) is 0. The third kappa shape index (κ3) is 3.86. The second kappa shape index (κ2) is 6.95. The standard InChI is InChI=1S/C14H16N2O2S2/c1-9-4-5-11(10(2)6-9)12(17)7-20-14-16-15-13(18-14)8-19-3/h4-6H,7-8H2,1-3H3. The SMILES string of the molecule is CSCc1nnc(SCC(=O)c2ccc(C)cc2C)o1. The lowest BCUT2D eigenvalue weighted by Gasteiger charge is -2.04. The maximum Gasteiger partial charge on any atom is 0.277 e. The number of hydrogen-bond acceptors (Lipinski definition) is 6. The Morgan fingerprint density at radius 1 is 1.30 bits per heavy atom. The highest BCUT2D eigenvalue weighted by Crippen LogP contribution is 2.20. The lowest BCUT2D eigenvalue weighted by atomic mass is 10.0. The van der Waals surface area contributed by atoms with Crippen molar-refractivity contribution in [1.29, 1.82) is 0 Å². The zero-order valence-corrected chi connectivity index (χ0v) is 13.3. The zero-order chi connectivity index (χ0) is 14.5. The molecule has 0 aliphatic heterocycles. The van der Waals surface area contributed by atoms with E-state index in [4.69, 9.17) is 4.42 Å². The van der Waals surface area contributed by atoms with Gasteiger partial charge in [-0.2, -0.15) is 11.8 Å². The highest BCUT2D eigenvalue weighted by molar-refractivity contribution is 7.99. The lowest BCUT2D eigenvalue weighted by Crippen LogP contribution is -2.04. The Hall–Kier alpha value is -1.27. The number of carbonyl (C=O) groups excluding carboxylic acids is 1. The molecular weight excluding hydrogens is 292 g/mol. The van der Waals surface area contributed by atoms with Gasteiger partial charge in [0.1, 0.15) is 0 Å². The van der Waals surface area contributed by atoms with E-state index >= 15 is 0 Å². The van der Waals surface area contributed by atoms with Gasteiger partial charge in [0.15, 0.2) is 5.78 Å². The molecule has 0 bridgehead atoms. The summed E-state index contributed by atoms with van der Waals surface area (Å²) < 4.78 is 5.43. The summed E-state index contributed by atoms with van der Waals surface area (Å²) in [6, 6.07) is 5.84. The molecule has 4 nitrogen and oxygen atoms in total. The Kier molecular flexibility index (Phi) is 5.25. The van der Waals surface area contributed by atoms with Crippen molar-refractivity contribution in [3.8, 4) is 0 Å². The highest BCUT2D eigenvalue weighted by atomic mass is 32.2. The third-order valence-electron chi connectivity index (χ3n) is 2.73. The molecule has 1 aromatic heterocycles. The molecule has 6 heteroatoms. The van der Waals surface area contributed by atoms with E-state index in [0.717, 1.165) is 16.7 Å². The van der Waals surface area contributed by atoms with Crippen molar-refractivity contribution in [1.82, 2.24) is 10.2 Å². The van der Waals surface area contributed by atoms with Gasteiger partial charge in [-0.3, -0.25) is 4.79 Å². The van der Waals surface area contributed by atoms with Crippen molar-refractivity contribution in [2.75, 3.05) is 12.0 Å². The summed E-state index contributed by atoms with van der Waals surface area (Å²) in [6.45, 7) is 3.97. The Balaban J connectivity index is 1.97. The van der Waals surface area contributed by atoms with E-state index < -0.39 is 0 Å². The molecule has 20 heavy (non-hydrogen) atoms. The summed E-state index contributed by atoms with van der Waals surface area (Å²) in [7, 11) is 0. The number of ketones is 1. The molecule has 0 unspecified atom stereocenters. The van der Waals surface area contributed by atoms with Gasteiger partial charge in [-0.15, -0.1) is 10.2 Å². The summed E-state index contributed by atoms with van der Waals surface area (Å²) in [5, 5.41) is 8.28. The van der Waals surface area contributed by atoms with Gasteiger partial charge in [0.05, 0.1) is 11.5 Å². The van der Waals surface area contributed by atoms with E-state index in [1.54, 1.807) is 11.8 Å². The van der Waals surface area contributed by atoms with E-state index in [1.807, 2.05) is 38.3 Å². The minimum absolute atomic E-state index is 0.0807. The molecule has 2 rings (SSSR count).